The van der Waals surface area contributed by atoms with Crippen LogP contribution in [-0.2, 0) is 14.8 Å². The van der Waals surface area contributed by atoms with Gasteiger partial charge >= 0.3 is 0 Å². The molecule has 0 aliphatic carbocycles. The zero-order chi connectivity index (χ0) is 21.3. The van der Waals surface area contributed by atoms with Crippen molar-refractivity contribution in [3.05, 3.63) is 71.1 Å². The van der Waals surface area contributed by atoms with Crippen LogP contribution in [0.5, 0.6) is 0 Å². The van der Waals surface area contributed by atoms with E-state index in [0.29, 0.717) is 17.8 Å². The summed E-state index contributed by atoms with van der Waals surface area (Å²) in [5.41, 5.74) is 1.46. The molecule has 0 radical (unpaired) electrons. The third-order valence-corrected chi connectivity index (χ3v) is 4.95. The molecule has 0 unspecified atom stereocenters. The molecule has 2 amide bonds. The van der Waals surface area contributed by atoms with Gasteiger partial charge in [-0.25, -0.2) is 8.42 Å². The Morgan fingerprint density at radius 3 is 2.31 bits per heavy atom. The van der Waals surface area contributed by atoms with Gasteiger partial charge in [0.1, 0.15) is 0 Å². The van der Waals surface area contributed by atoms with Gasteiger partial charge in [0.2, 0.25) is 5.91 Å². The Balaban J connectivity index is 1.97. The highest BCUT2D eigenvalue weighted by molar-refractivity contribution is 7.95. The van der Waals surface area contributed by atoms with Crippen molar-refractivity contribution >= 4 is 33.6 Å². The fourth-order valence-corrected chi connectivity index (χ4v) is 3.31. The molecule has 0 spiro atoms. The van der Waals surface area contributed by atoms with Gasteiger partial charge in [0.05, 0.1) is 12.0 Å². The quantitative estimate of drug-likeness (QED) is 0.658. The molecule has 0 fully saturated rings. The number of rotatable bonds is 9. The summed E-state index contributed by atoms with van der Waals surface area (Å²) in [5.74, 6) is -0.549. The van der Waals surface area contributed by atoms with E-state index in [-0.39, 0.29) is 18.4 Å². The monoisotopic (exact) mass is 415 g/mol. The number of nitrogens with zero attached hydrogens (tertiary/aromatic N) is 1. The molecule has 0 atom stereocenters. The number of carbonyl (C=O) groups is 2. The lowest BCUT2D eigenvalue weighted by Gasteiger charge is -2.17. The van der Waals surface area contributed by atoms with Gasteiger partial charge < -0.3 is 10.2 Å². The van der Waals surface area contributed by atoms with Gasteiger partial charge in [0, 0.05) is 24.8 Å². The van der Waals surface area contributed by atoms with Crippen LogP contribution in [0.3, 0.4) is 0 Å². The number of hydrogen-bond donors (Lipinski definition) is 2. The molecule has 2 aromatic carbocycles. The van der Waals surface area contributed by atoms with Crippen molar-refractivity contribution in [2.24, 2.45) is 0 Å². The topological polar surface area (TPSA) is 95.6 Å². The minimum atomic E-state index is -3.69. The van der Waals surface area contributed by atoms with Crippen LogP contribution >= 0.6 is 0 Å². The Morgan fingerprint density at radius 2 is 1.69 bits per heavy atom. The lowest BCUT2D eigenvalue weighted by Crippen LogP contribution is -2.38. The number of anilines is 1. The van der Waals surface area contributed by atoms with E-state index >= 15 is 0 Å². The predicted molar refractivity (Wildman–Crippen MR) is 115 cm³/mol. The van der Waals surface area contributed by atoms with Gasteiger partial charge in [-0.05, 0) is 42.3 Å². The molecular formula is C21H25N3O4S. The van der Waals surface area contributed by atoms with Crippen molar-refractivity contribution < 1.29 is 18.0 Å². The van der Waals surface area contributed by atoms with Gasteiger partial charge in [-0.2, -0.15) is 0 Å². The van der Waals surface area contributed by atoms with Crippen LogP contribution in [0.1, 0.15) is 29.3 Å². The third-order valence-electron chi connectivity index (χ3n) is 3.93. The molecule has 29 heavy (non-hydrogen) atoms. The first-order valence-corrected chi connectivity index (χ1v) is 10.7. The fourth-order valence-electron chi connectivity index (χ4n) is 2.44. The van der Waals surface area contributed by atoms with Crippen molar-refractivity contribution in [3.8, 4) is 0 Å². The van der Waals surface area contributed by atoms with Crippen LogP contribution < -0.4 is 10.0 Å². The zero-order valence-corrected chi connectivity index (χ0v) is 17.3. The molecule has 2 N–H and O–H groups in total. The molecule has 0 bridgehead atoms. The van der Waals surface area contributed by atoms with E-state index in [2.05, 4.69) is 10.0 Å². The molecule has 0 aliphatic heterocycles. The van der Waals surface area contributed by atoms with E-state index in [1.165, 1.54) is 35.2 Å². The highest BCUT2D eigenvalue weighted by Crippen LogP contribution is 2.14. The number of carbonyl (C=O) groups excluding carboxylic acids is 2. The van der Waals surface area contributed by atoms with Crippen LogP contribution in [0.25, 0.3) is 6.08 Å². The Hall–Kier alpha value is -3.13. The maximum atomic E-state index is 12.4. The fraction of sp³-hybridized carbons (Fsp3) is 0.238. The first-order valence-electron chi connectivity index (χ1n) is 9.19. The van der Waals surface area contributed by atoms with E-state index in [4.69, 9.17) is 0 Å². The van der Waals surface area contributed by atoms with Crippen LogP contribution in [0.4, 0.5) is 5.69 Å². The van der Waals surface area contributed by atoms with Gasteiger partial charge in [0.25, 0.3) is 15.9 Å². The summed E-state index contributed by atoms with van der Waals surface area (Å²) >= 11 is 0. The van der Waals surface area contributed by atoms with Crippen LogP contribution in [0.15, 0.2) is 60.0 Å². The van der Waals surface area contributed by atoms with E-state index in [0.717, 1.165) is 17.4 Å². The third kappa shape index (κ3) is 7.42. The maximum absolute atomic E-state index is 12.4. The van der Waals surface area contributed by atoms with Crippen LogP contribution in [0.2, 0.25) is 0 Å². The second kappa shape index (κ2) is 10.4. The van der Waals surface area contributed by atoms with Gasteiger partial charge in [-0.3, -0.25) is 14.3 Å². The molecule has 0 aromatic heterocycles. The summed E-state index contributed by atoms with van der Waals surface area (Å²) in [7, 11) is -2.15. The van der Waals surface area contributed by atoms with E-state index in [9.17, 15) is 18.0 Å². The average Bonchev–Trinajstić information content (AvgIpc) is 2.71. The minimum Gasteiger partial charge on any atom is -0.355 e. The summed E-state index contributed by atoms with van der Waals surface area (Å²) in [6.45, 7) is 2.47. The van der Waals surface area contributed by atoms with Crippen LogP contribution in [0, 0.1) is 0 Å². The highest BCUT2D eigenvalue weighted by Gasteiger charge is 2.15. The molecule has 0 aliphatic rings. The second-order valence-electron chi connectivity index (χ2n) is 6.45. The van der Waals surface area contributed by atoms with Gasteiger partial charge in [-0.15, -0.1) is 0 Å². The van der Waals surface area contributed by atoms with E-state index in [1.54, 1.807) is 19.2 Å². The number of sulfonamides is 1. The smallest absolute Gasteiger partial charge is 0.255 e. The number of amides is 2. The lowest BCUT2D eigenvalue weighted by atomic mass is 10.2. The molecule has 0 saturated heterocycles. The summed E-state index contributed by atoms with van der Waals surface area (Å²) in [4.78, 5) is 25.5. The largest absolute Gasteiger partial charge is 0.355 e. The first-order chi connectivity index (χ1) is 13.8. The molecule has 154 valence electrons. The van der Waals surface area contributed by atoms with Crippen LogP contribution in [-0.4, -0.2) is 45.3 Å². The second-order valence-corrected chi connectivity index (χ2v) is 8.02. The van der Waals surface area contributed by atoms with Crippen molar-refractivity contribution in [2.75, 3.05) is 24.9 Å². The Labute approximate surface area is 171 Å². The maximum Gasteiger partial charge on any atom is 0.255 e. The highest BCUT2D eigenvalue weighted by atomic mass is 32.2. The number of benzene rings is 2. The number of likely N-dealkylation sites (N-methyl/N-ethyl adjacent to an activating group) is 1. The summed E-state index contributed by atoms with van der Waals surface area (Å²) < 4.78 is 26.8. The molecule has 0 saturated carbocycles. The molecular weight excluding hydrogens is 390 g/mol. The molecule has 0 heterocycles. The van der Waals surface area contributed by atoms with Gasteiger partial charge in [0.15, 0.2) is 0 Å². The van der Waals surface area contributed by atoms with Crippen molar-refractivity contribution in [1.82, 2.24) is 10.2 Å². The predicted octanol–water partition coefficient (Wildman–Crippen LogP) is 2.70. The molecule has 2 rings (SSSR count). The van der Waals surface area contributed by atoms with E-state index in [1.807, 2.05) is 25.1 Å². The van der Waals surface area contributed by atoms with E-state index < -0.39 is 10.0 Å². The number of hydrogen-bond acceptors (Lipinski definition) is 4. The summed E-state index contributed by atoms with van der Waals surface area (Å²) in [5, 5.41) is 3.80. The van der Waals surface area contributed by atoms with Crippen molar-refractivity contribution in [1.29, 1.82) is 0 Å². The summed E-state index contributed by atoms with van der Waals surface area (Å²) in [6, 6.07) is 15.1. The first kappa shape index (κ1) is 22.2. The number of nitrogens with one attached hydrogen (secondary N) is 2. The Kier molecular flexibility index (Phi) is 7.97. The van der Waals surface area contributed by atoms with Gasteiger partial charge in [-0.1, -0.05) is 37.3 Å². The SMILES string of the molecule is CCCNC(=O)CN(C)C(=O)c1ccc(NS(=O)(=O)/C=C/c2ccccc2)cc1. The molecule has 7 nitrogen and oxygen atoms in total. The minimum absolute atomic E-state index is 0.0442. The Morgan fingerprint density at radius 1 is 1.03 bits per heavy atom. The standard InChI is InChI=1S/C21H25N3O4S/c1-3-14-22-20(25)16-24(2)21(26)18-9-11-19(12-10-18)23-29(27,28)15-13-17-7-5-4-6-8-17/h4-13,15,23H,3,14,16H2,1-2H3,(H,22,25)/b15-13+. The molecule has 8 heteroatoms. The average molecular weight is 416 g/mol. The van der Waals surface area contributed by atoms with Crippen molar-refractivity contribution in [3.63, 3.8) is 0 Å². The zero-order valence-electron chi connectivity index (χ0n) is 16.5. The normalized spacial score (nSPS) is 11.2. The Bertz CT molecular complexity index is 955. The lowest BCUT2D eigenvalue weighted by molar-refractivity contribution is -0.121. The summed E-state index contributed by atoms with van der Waals surface area (Å²) in [6.07, 6.45) is 2.32. The van der Waals surface area contributed by atoms with Crippen molar-refractivity contribution in [2.45, 2.75) is 13.3 Å². The molecule has 2 aromatic rings.